The van der Waals surface area contributed by atoms with E-state index in [2.05, 4.69) is 61.6 Å². The molecule has 39 heavy (non-hydrogen) atoms. The second-order valence-electron chi connectivity index (χ2n) is 9.57. The van der Waals surface area contributed by atoms with Crippen LogP contribution in [-0.2, 0) is 6.54 Å². The van der Waals surface area contributed by atoms with E-state index in [-0.39, 0.29) is 5.82 Å². The molecule has 0 aliphatic carbocycles. The number of oxazole rings is 1. The number of hydrogen-bond acceptors (Lipinski definition) is 8. The Labute approximate surface area is 227 Å². The lowest BCUT2D eigenvalue weighted by atomic mass is 10.0. The summed E-state index contributed by atoms with van der Waals surface area (Å²) >= 11 is 0. The zero-order chi connectivity index (χ0) is 26.4. The van der Waals surface area contributed by atoms with Gasteiger partial charge < -0.3 is 9.73 Å². The van der Waals surface area contributed by atoms with E-state index in [0.717, 1.165) is 60.6 Å². The number of benzene rings is 2. The minimum atomic E-state index is 0.190. The zero-order valence-electron chi connectivity index (χ0n) is 21.4. The van der Waals surface area contributed by atoms with Gasteiger partial charge in [-0.15, -0.1) is 0 Å². The van der Waals surface area contributed by atoms with E-state index in [1.807, 2.05) is 42.5 Å². The Kier molecular flexibility index (Phi) is 7.06. The third kappa shape index (κ3) is 5.69. The van der Waals surface area contributed by atoms with Crippen molar-refractivity contribution in [3.63, 3.8) is 0 Å². The molecule has 6 rings (SSSR count). The van der Waals surface area contributed by atoms with Crippen molar-refractivity contribution in [2.45, 2.75) is 25.4 Å². The van der Waals surface area contributed by atoms with Gasteiger partial charge in [0.05, 0.1) is 0 Å². The van der Waals surface area contributed by atoms with Gasteiger partial charge in [0.15, 0.2) is 5.76 Å². The summed E-state index contributed by atoms with van der Waals surface area (Å²) in [6.07, 6.45) is 7.14. The second kappa shape index (κ2) is 11.3. The number of hydrogen-bond donors (Lipinski definition) is 1. The number of aromatic nitrogens is 4. The number of anilines is 1. The van der Waals surface area contributed by atoms with E-state index >= 15 is 0 Å². The van der Waals surface area contributed by atoms with Gasteiger partial charge in [0.25, 0.3) is 0 Å². The summed E-state index contributed by atoms with van der Waals surface area (Å²) in [5.74, 6) is 2.24. The third-order valence-corrected chi connectivity index (χ3v) is 6.92. The Balaban J connectivity index is 1.14. The lowest BCUT2D eigenvalue weighted by Gasteiger charge is -2.32. The molecule has 2 aromatic carbocycles. The van der Waals surface area contributed by atoms with Crippen molar-refractivity contribution in [2.24, 2.45) is 0 Å². The first-order valence-corrected chi connectivity index (χ1v) is 13.0. The van der Waals surface area contributed by atoms with Gasteiger partial charge in [0.2, 0.25) is 11.7 Å². The SMILES string of the molecule is N#Cc1nccc(NC2CCN(Cc3ccc(-c4oc(-c5ccncc5)nc4-c4ccccc4)cc3)CC2)n1. The fraction of sp³-hybridized carbons (Fsp3) is 0.194. The fourth-order valence-corrected chi connectivity index (χ4v) is 4.88. The molecular weight excluding hydrogens is 486 g/mol. The van der Waals surface area contributed by atoms with E-state index in [1.165, 1.54) is 5.56 Å². The normalized spacial score (nSPS) is 14.1. The summed E-state index contributed by atoms with van der Waals surface area (Å²) in [6, 6.07) is 26.7. The van der Waals surface area contributed by atoms with Gasteiger partial charge in [-0.2, -0.15) is 5.26 Å². The predicted molar refractivity (Wildman–Crippen MR) is 149 cm³/mol. The molecule has 5 aromatic rings. The molecule has 1 fully saturated rings. The maximum Gasteiger partial charge on any atom is 0.234 e. The van der Waals surface area contributed by atoms with Crippen LogP contribution in [0.2, 0.25) is 0 Å². The molecule has 0 bridgehead atoms. The van der Waals surface area contributed by atoms with E-state index in [1.54, 1.807) is 18.6 Å². The first kappa shape index (κ1) is 24.5. The summed E-state index contributed by atoms with van der Waals surface area (Å²) in [5.41, 5.74) is 5.00. The quantitative estimate of drug-likeness (QED) is 0.291. The molecule has 0 amide bonds. The van der Waals surface area contributed by atoms with Gasteiger partial charge in [-0.25, -0.2) is 15.0 Å². The van der Waals surface area contributed by atoms with Crippen molar-refractivity contribution in [1.82, 2.24) is 24.8 Å². The number of nitrogens with one attached hydrogen (secondary N) is 1. The summed E-state index contributed by atoms with van der Waals surface area (Å²) in [4.78, 5) is 19.6. The molecule has 192 valence electrons. The van der Waals surface area contributed by atoms with Crippen molar-refractivity contribution in [2.75, 3.05) is 18.4 Å². The molecule has 0 unspecified atom stereocenters. The number of pyridine rings is 1. The van der Waals surface area contributed by atoms with Crippen LogP contribution >= 0.6 is 0 Å². The number of nitriles is 1. The molecule has 1 N–H and O–H groups in total. The van der Waals surface area contributed by atoms with Crippen LogP contribution in [0.4, 0.5) is 5.82 Å². The summed E-state index contributed by atoms with van der Waals surface area (Å²) in [6.45, 7) is 2.87. The minimum Gasteiger partial charge on any atom is -0.435 e. The first-order valence-electron chi connectivity index (χ1n) is 13.0. The summed E-state index contributed by atoms with van der Waals surface area (Å²) < 4.78 is 6.32. The smallest absolute Gasteiger partial charge is 0.234 e. The molecule has 1 aliphatic rings. The topological polar surface area (TPSA) is 104 Å². The number of nitrogens with zero attached hydrogens (tertiary/aromatic N) is 6. The van der Waals surface area contributed by atoms with Gasteiger partial charge in [-0.1, -0.05) is 54.6 Å². The predicted octanol–water partition coefficient (Wildman–Crippen LogP) is 5.81. The highest BCUT2D eigenvalue weighted by molar-refractivity contribution is 5.79. The monoisotopic (exact) mass is 513 g/mol. The van der Waals surface area contributed by atoms with E-state index in [4.69, 9.17) is 14.7 Å². The average molecular weight is 514 g/mol. The molecule has 1 saturated heterocycles. The van der Waals surface area contributed by atoms with Crippen LogP contribution in [0.15, 0.2) is 95.8 Å². The van der Waals surface area contributed by atoms with E-state index in [9.17, 15) is 0 Å². The standard InChI is InChI=1S/C31H27N7O/c32-20-28-34-17-12-27(36-28)35-26-13-18-38(19-14-26)21-22-6-8-24(9-7-22)30-29(23-4-2-1-3-5-23)37-31(39-30)25-10-15-33-16-11-25/h1-12,15-17,26H,13-14,18-19,21H2,(H,34,35,36). The van der Waals surface area contributed by atoms with Crippen LogP contribution in [0.1, 0.15) is 24.2 Å². The highest BCUT2D eigenvalue weighted by atomic mass is 16.4. The van der Waals surface area contributed by atoms with Crippen molar-refractivity contribution < 1.29 is 4.42 Å². The first-order chi connectivity index (χ1) is 19.2. The van der Waals surface area contributed by atoms with Gasteiger partial charge in [0, 0.05) is 61.0 Å². The van der Waals surface area contributed by atoms with Gasteiger partial charge in [-0.3, -0.25) is 9.88 Å². The van der Waals surface area contributed by atoms with Crippen molar-refractivity contribution in [3.05, 3.63) is 103 Å². The van der Waals surface area contributed by atoms with E-state index in [0.29, 0.717) is 17.8 Å². The Morgan fingerprint density at radius 2 is 1.62 bits per heavy atom. The Hall–Kier alpha value is -4.87. The van der Waals surface area contributed by atoms with Crippen LogP contribution < -0.4 is 5.32 Å². The molecule has 4 heterocycles. The number of likely N-dealkylation sites (tertiary alicyclic amines) is 1. The fourth-order valence-electron chi connectivity index (χ4n) is 4.88. The molecule has 8 nitrogen and oxygen atoms in total. The molecule has 1 aliphatic heterocycles. The maximum atomic E-state index is 9.02. The lowest BCUT2D eigenvalue weighted by molar-refractivity contribution is 0.211. The maximum absolute atomic E-state index is 9.02. The molecule has 0 radical (unpaired) electrons. The van der Waals surface area contributed by atoms with Crippen LogP contribution in [-0.4, -0.2) is 44.0 Å². The summed E-state index contributed by atoms with van der Waals surface area (Å²) in [7, 11) is 0. The molecule has 0 atom stereocenters. The highest BCUT2D eigenvalue weighted by Crippen LogP contribution is 2.36. The van der Waals surface area contributed by atoms with Crippen molar-refractivity contribution in [3.8, 4) is 40.1 Å². The highest BCUT2D eigenvalue weighted by Gasteiger charge is 2.21. The Bertz CT molecular complexity index is 1570. The van der Waals surface area contributed by atoms with Gasteiger partial charge in [-0.05, 0) is 36.6 Å². The molecule has 3 aromatic heterocycles. The second-order valence-corrected chi connectivity index (χ2v) is 9.57. The van der Waals surface area contributed by atoms with Gasteiger partial charge in [0.1, 0.15) is 17.6 Å². The van der Waals surface area contributed by atoms with Crippen LogP contribution in [0.3, 0.4) is 0 Å². The molecule has 8 heteroatoms. The molecule has 0 saturated carbocycles. The summed E-state index contributed by atoms with van der Waals surface area (Å²) in [5, 5.41) is 12.5. The van der Waals surface area contributed by atoms with E-state index < -0.39 is 0 Å². The van der Waals surface area contributed by atoms with Crippen LogP contribution in [0, 0.1) is 11.3 Å². The Morgan fingerprint density at radius 1 is 0.846 bits per heavy atom. The van der Waals surface area contributed by atoms with Crippen molar-refractivity contribution >= 4 is 5.82 Å². The third-order valence-electron chi connectivity index (χ3n) is 6.92. The van der Waals surface area contributed by atoms with Crippen LogP contribution in [0.25, 0.3) is 34.0 Å². The van der Waals surface area contributed by atoms with Crippen LogP contribution in [0.5, 0.6) is 0 Å². The molecular formula is C31H27N7O. The Morgan fingerprint density at radius 3 is 2.36 bits per heavy atom. The minimum absolute atomic E-state index is 0.190. The lowest BCUT2D eigenvalue weighted by Crippen LogP contribution is -2.38. The zero-order valence-corrected chi connectivity index (χ0v) is 21.4. The van der Waals surface area contributed by atoms with Crippen molar-refractivity contribution in [1.29, 1.82) is 5.26 Å². The van der Waals surface area contributed by atoms with Gasteiger partial charge >= 0.3 is 0 Å². The average Bonchev–Trinajstić information content (AvgIpc) is 3.45. The number of piperidine rings is 1. The largest absolute Gasteiger partial charge is 0.435 e. The number of rotatable bonds is 7. The molecule has 0 spiro atoms.